The number of likely N-dealkylation sites (tertiary alicyclic amines) is 1. The number of hydrogen-bond acceptors (Lipinski definition) is 4. The Hall–Kier alpha value is -2.57. The number of carbonyl (C=O) groups excluding carboxylic acids is 2. The molecule has 2 aromatic heterocycles. The first-order chi connectivity index (χ1) is 12.4. The number of piperidine rings is 1. The largest absolute Gasteiger partial charge is 0.361 e. The van der Waals surface area contributed by atoms with Crippen molar-refractivity contribution >= 4 is 11.8 Å². The summed E-state index contributed by atoms with van der Waals surface area (Å²) in [5.74, 6) is 0.732. The van der Waals surface area contributed by atoms with E-state index in [2.05, 4.69) is 5.16 Å². The summed E-state index contributed by atoms with van der Waals surface area (Å²) in [5.41, 5.74) is 2.34. The minimum atomic E-state index is -0.0791. The van der Waals surface area contributed by atoms with Crippen LogP contribution in [0.3, 0.4) is 0 Å². The second kappa shape index (κ2) is 7.35. The van der Waals surface area contributed by atoms with Crippen molar-refractivity contribution < 1.29 is 14.1 Å². The van der Waals surface area contributed by atoms with E-state index in [1.54, 1.807) is 18.9 Å². The van der Waals surface area contributed by atoms with Crippen LogP contribution in [0.1, 0.15) is 59.9 Å². The molecule has 0 spiro atoms. The maximum Gasteiger partial charge on any atom is 0.270 e. The van der Waals surface area contributed by atoms with Crippen molar-refractivity contribution in [3.05, 3.63) is 41.0 Å². The maximum atomic E-state index is 12.9. The Morgan fingerprint density at radius 2 is 2.12 bits per heavy atom. The number of aryl methyl sites for hydroxylation is 1. The van der Waals surface area contributed by atoms with E-state index >= 15 is 0 Å². The normalized spacial score (nSPS) is 17.4. The third-order valence-corrected chi connectivity index (χ3v) is 5.05. The standard InChI is InChI=1S/C19H26N4O3/c1-13-11-15(20-26-13)12-21(3)19(25)18-9-8-16(22(18)4)17-7-5-6-10-23(17)14(2)24/h8-9,11,17H,5-7,10,12H2,1-4H3. The lowest BCUT2D eigenvalue weighted by Gasteiger charge is -2.35. The van der Waals surface area contributed by atoms with Crippen LogP contribution in [0, 0.1) is 6.92 Å². The van der Waals surface area contributed by atoms with Gasteiger partial charge in [0.1, 0.15) is 17.1 Å². The predicted octanol–water partition coefficient (Wildman–Crippen LogP) is 2.67. The van der Waals surface area contributed by atoms with Crippen molar-refractivity contribution in [2.24, 2.45) is 7.05 Å². The SMILES string of the molecule is CC(=O)N1CCCCC1c1ccc(C(=O)N(C)Cc2cc(C)on2)n1C. The lowest BCUT2D eigenvalue weighted by molar-refractivity contribution is -0.132. The highest BCUT2D eigenvalue weighted by molar-refractivity contribution is 5.92. The summed E-state index contributed by atoms with van der Waals surface area (Å²) < 4.78 is 6.98. The van der Waals surface area contributed by atoms with Crippen molar-refractivity contribution in [3.8, 4) is 0 Å². The number of nitrogens with zero attached hydrogens (tertiary/aromatic N) is 4. The van der Waals surface area contributed by atoms with Gasteiger partial charge in [-0.1, -0.05) is 5.16 Å². The van der Waals surface area contributed by atoms with Crippen LogP contribution in [0.2, 0.25) is 0 Å². The highest BCUT2D eigenvalue weighted by Crippen LogP contribution is 2.32. The molecule has 0 aromatic carbocycles. The molecular weight excluding hydrogens is 332 g/mol. The van der Waals surface area contributed by atoms with E-state index in [-0.39, 0.29) is 17.9 Å². The van der Waals surface area contributed by atoms with Crippen LogP contribution < -0.4 is 0 Å². The van der Waals surface area contributed by atoms with E-state index in [0.29, 0.717) is 12.2 Å². The van der Waals surface area contributed by atoms with Gasteiger partial charge in [-0.05, 0) is 38.3 Å². The lowest BCUT2D eigenvalue weighted by Crippen LogP contribution is -2.38. The first kappa shape index (κ1) is 18.2. The second-order valence-corrected chi connectivity index (χ2v) is 7.02. The summed E-state index contributed by atoms with van der Waals surface area (Å²) >= 11 is 0. The zero-order valence-electron chi connectivity index (χ0n) is 15.9. The molecule has 7 heteroatoms. The van der Waals surface area contributed by atoms with Crippen LogP contribution in [-0.4, -0.2) is 44.9 Å². The van der Waals surface area contributed by atoms with Gasteiger partial charge in [-0.25, -0.2) is 0 Å². The van der Waals surface area contributed by atoms with Gasteiger partial charge in [0.25, 0.3) is 5.91 Å². The molecule has 2 aromatic rings. The quantitative estimate of drug-likeness (QED) is 0.842. The third kappa shape index (κ3) is 3.52. The molecule has 1 aliphatic heterocycles. The second-order valence-electron chi connectivity index (χ2n) is 7.02. The topological polar surface area (TPSA) is 71.6 Å². The molecule has 26 heavy (non-hydrogen) atoms. The molecule has 0 saturated carbocycles. The van der Waals surface area contributed by atoms with Gasteiger partial charge in [0.15, 0.2) is 0 Å². The zero-order chi connectivity index (χ0) is 18.8. The monoisotopic (exact) mass is 358 g/mol. The van der Waals surface area contributed by atoms with Gasteiger partial charge < -0.3 is 18.9 Å². The van der Waals surface area contributed by atoms with Crippen LogP contribution in [0.25, 0.3) is 0 Å². The van der Waals surface area contributed by atoms with E-state index < -0.39 is 0 Å². The smallest absolute Gasteiger partial charge is 0.270 e. The van der Waals surface area contributed by atoms with E-state index in [0.717, 1.165) is 43.0 Å². The van der Waals surface area contributed by atoms with E-state index in [4.69, 9.17) is 4.52 Å². The van der Waals surface area contributed by atoms with E-state index in [1.165, 1.54) is 0 Å². The minimum Gasteiger partial charge on any atom is -0.361 e. The van der Waals surface area contributed by atoms with Crippen LogP contribution in [-0.2, 0) is 18.4 Å². The molecule has 7 nitrogen and oxygen atoms in total. The van der Waals surface area contributed by atoms with E-state index in [1.807, 2.05) is 41.6 Å². The highest BCUT2D eigenvalue weighted by Gasteiger charge is 2.29. The Labute approximate surface area is 153 Å². The Bertz CT molecular complexity index is 808. The van der Waals surface area contributed by atoms with Crippen LogP contribution in [0.5, 0.6) is 0 Å². The summed E-state index contributed by atoms with van der Waals surface area (Å²) in [4.78, 5) is 28.4. The van der Waals surface area contributed by atoms with Crippen molar-refractivity contribution in [3.63, 3.8) is 0 Å². The van der Waals surface area contributed by atoms with Crippen LogP contribution in [0.15, 0.2) is 22.7 Å². The average Bonchev–Trinajstić information content (AvgIpc) is 3.19. The predicted molar refractivity (Wildman–Crippen MR) is 96.4 cm³/mol. The van der Waals surface area contributed by atoms with Gasteiger partial charge in [-0.3, -0.25) is 9.59 Å². The number of hydrogen-bond donors (Lipinski definition) is 0. The molecule has 1 aliphatic rings. The summed E-state index contributed by atoms with van der Waals surface area (Å²) in [6, 6.07) is 5.67. The van der Waals surface area contributed by atoms with Gasteiger partial charge in [0, 0.05) is 39.3 Å². The van der Waals surface area contributed by atoms with Crippen molar-refractivity contribution in [1.29, 1.82) is 0 Å². The molecule has 0 bridgehead atoms. The Morgan fingerprint density at radius 1 is 1.35 bits per heavy atom. The third-order valence-electron chi connectivity index (χ3n) is 5.05. The van der Waals surface area contributed by atoms with Crippen molar-refractivity contribution in [2.75, 3.05) is 13.6 Å². The minimum absolute atomic E-state index is 0.0382. The molecule has 1 saturated heterocycles. The average molecular weight is 358 g/mol. The zero-order valence-corrected chi connectivity index (χ0v) is 15.9. The van der Waals surface area contributed by atoms with Gasteiger partial charge in [0.2, 0.25) is 5.91 Å². The Balaban J connectivity index is 1.79. The van der Waals surface area contributed by atoms with Gasteiger partial charge in [0.05, 0.1) is 12.6 Å². The fraction of sp³-hybridized carbons (Fsp3) is 0.526. The van der Waals surface area contributed by atoms with E-state index in [9.17, 15) is 9.59 Å². The number of rotatable bonds is 4. The van der Waals surface area contributed by atoms with Crippen molar-refractivity contribution in [1.82, 2.24) is 19.5 Å². The molecule has 0 aliphatic carbocycles. The van der Waals surface area contributed by atoms with Crippen molar-refractivity contribution in [2.45, 2.75) is 45.7 Å². The Kier molecular flexibility index (Phi) is 5.15. The molecule has 3 rings (SSSR count). The van der Waals surface area contributed by atoms with Gasteiger partial charge in [-0.15, -0.1) is 0 Å². The molecule has 0 radical (unpaired) electrons. The number of carbonyl (C=O) groups is 2. The van der Waals surface area contributed by atoms with Gasteiger partial charge >= 0.3 is 0 Å². The van der Waals surface area contributed by atoms with Crippen LogP contribution >= 0.6 is 0 Å². The summed E-state index contributed by atoms with van der Waals surface area (Å²) in [5, 5.41) is 3.94. The number of amides is 2. The number of aromatic nitrogens is 2. The fourth-order valence-corrected chi connectivity index (χ4v) is 3.70. The molecular formula is C19H26N4O3. The maximum absolute atomic E-state index is 12.9. The molecule has 2 amide bonds. The molecule has 1 atom stereocenters. The molecule has 1 unspecified atom stereocenters. The fourth-order valence-electron chi connectivity index (χ4n) is 3.70. The first-order valence-electron chi connectivity index (χ1n) is 8.99. The Morgan fingerprint density at radius 3 is 2.77 bits per heavy atom. The summed E-state index contributed by atoms with van der Waals surface area (Å²) in [6.45, 7) is 4.60. The summed E-state index contributed by atoms with van der Waals surface area (Å²) in [6.07, 6.45) is 3.06. The highest BCUT2D eigenvalue weighted by atomic mass is 16.5. The van der Waals surface area contributed by atoms with Crippen LogP contribution in [0.4, 0.5) is 0 Å². The lowest BCUT2D eigenvalue weighted by atomic mass is 9.99. The summed E-state index contributed by atoms with van der Waals surface area (Å²) in [7, 11) is 3.64. The first-order valence-corrected chi connectivity index (χ1v) is 8.99. The molecule has 0 N–H and O–H groups in total. The molecule has 1 fully saturated rings. The molecule has 140 valence electrons. The van der Waals surface area contributed by atoms with Gasteiger partial charge in [-0.2, -0.15) is 0 Å². The molecule has 3 heterocycles.